The Balaban J connectivity index is 2.49. The van der Waals surface area contributed by atoms with Crippen LogP contribution in [0.5, 0.6) is 0 Å². The van der Waals surface area contributed by atoms with Gasteiger partial charge >= 0.3 is 0 Å². The zero-order chi connectivity index (χ0) is 9.26. The molecule has 0 amide bonds. The summed E-state index contributed by atoms with van der Waals surface area (Å²) in [5.41, 5.74) is 5.57. The minimum atomic E-state index is 0.376. The van der Waals surface area contributed by atoms with Crippen LogP contribution in [0.2, 0.25) is 0 Å². The molecule has 2 aromatic rings. The Labute approximate surface area is 81.8 Å². The van der Waals surface area contributed by atoms with Crippen LogP contribution in [0.1, 0.15) is 0 Å². The second-order valence-electron chi connectivity index (χ2n) is 2.26. The standard InChI is InChI=1S/C6H5BrN6/c7-3-1-9-5(12-4(3)8)6-10-2-11-13-6/h1-2H,(H2,8,9,12)(H,10,11,13). The molecule has 2 heterocycles. The molecule has 0 radical (unpaired) electrons. The first-order chi connectivity index (χ1) is 6.27. The maximum Gasteiger partial charge on any atom is 0.199 e. The van der Waals surface area contributed by atoms with Crippen molar-refractivity contribution in [1.29, 1.82) is 0 Å². The van der Waals surface area contributed by atoms with E-state index >= 15 is 0 Å². The van der Waals surface area contributed by atoms with Crippen molar-refractivity contribution in [3.63, 3.8) is 0 Å². The number of anilines is 1. The number of nitrogens with zero attached hydrogens (tertiary/aromatic N) is 4. The summed E-state index contributed by atoms with van der Waals surface area (Å²) >= 11 is 3.20. The van der Waals surface area contributed by atoms with E-state index in [4.69, 9.17) is 5.73 Å². The van der Waals surface area contributed by atoms with Gasteiger partial charge in [0.15, 0.2) is 11.6 Å². The quantitative estimate of drug-likeness (QED) is 0.762. The van der Waals surface area contributed by atoms with Crippen LogP contribution >= 0.6 is 15.9 Å². The molecule has 0 aliphatic rings. The average Bonchev–Trinajstić information content (AvgIpc) is 2.62. The molecule has 6 nitrogen and oxygen atoms in total. The summed E-state index contributed by atoms with van der Waals surface area (Å²) in [6, 6.07) is 0. The van der Waals surface area contributed by atoms with Crippen LogP contribution in [0.3, 0.4) is 0 Å². The van der Waals surface area contributed by atoms with E-state index in [0.717, 1.165) is 0 Å². The Morgan fingerprint density at radius 2 is 2.23 bits per heavy atom. The van der Waals surface area contributed by atoms with Gasteiger partial charge in [0.1, 0.15) is 12.1 Å². The molecule has 3 N–H and O–H groups in total. The van der Waals surface area contributed by atoms with Crippen LogP contribution < -0.4 is 5.73 Å². The van der Waals surface area contributed by atoms with Gasteiger partial charge in [0.2, 0.25) is 0 Å². The average molecular weight is 241 g/mol. The van der Waals surface area contributed by atoms with Gasteiger partial charge in [-0.15, -0.1) is 0 Å². The molecule has 0 spiro atoms. The zero-order valence-electron chi connectivity index (χ0n) is 6.40. The van der Waals surface area contributed by atoms with Crippen molar-refractivity contribution in [1.82, 2.24) is 25.1 Å². The highest BCUT2D eigenvalue weighted by molar-refractivity contribution is 9.10. The third-order valence-corrected chi connectivity index (χ3v) is 2.01. The molecular weight excluding hydrogens is 236 g/mol. The van der Waals surface area contributed by atoms with E-state index in [2.05, 4.69) is 41.1 Å². The Morgan fingerprint density at radius 3 is 2.85 bits per heavy atom. The molecule has 0 aliphatic carbocycles. The third kappa shape index (κ3) is 1.50. The molecule has 7 heteroatoms. The van der Waals surface area contributed by atoms with Gasteiger partial charge in [-0.05, 0) is 15.9 Å². The Morgan fingerprint density at radius 1 is 1.38 bits per heavy atom. The lowest BCUT2D eigenvalue weighted by Crippen LogP contribution is -1.97. The van der Waals surface area contributed by atoms with Gasteiger partial charge in [0.05, 0.1) is 4.47 Å². The topological polar surface area (TPSA) is 93.4 Å². The maximum absolute atomic E-state index is 5.57. The van der Waals surface area contributed by atoms with Gasteiger partial charge < -0.3 is 5.73 Å². The molecule has 13 heavy (non-hydrogen) atoms. The van der Waals surface area contributed by atoms with Gasteiger partial charge in [-0.3, -0.25) is 5.10 Å². The van der Waals surface area contributed by atoms with E-state index in [1.165, 1.54) is 6.33 Å². The zero-order valence-corrected chi connectivity index (χ0v) is 7.98. The summed E-state index contributed by atoms with van der Waals surface area (Å²) < 4.78 is 0.663. The monoisotopic (exact) mass is 240 g/mol. The molecule has 0 bridgehead atoms. The predicted molar refractivity (Wildman–Crippen MR) is 49.5 cm³/mol. The van der Waals surface area contributed by atoms with Crippen LogP contribution in [0.4, 0.5) is 5.82 Å². The number of nitrogens with one attached hydrogen (secondary N) is 1. The summed E-state index contributed by atoms with van der Waals surface area (Å²) in [5.74, 6) is 1.30. The maximum atomic E-state index is 5.57. The number of H-pyrrole nitrogens is 1. The minimum Gasteiger partial charge on any atom is -0.383 e. The summed E-state index contributed by atoms with van der Waals surface area (Å²) in [7, 11) is 0. The van der Waals surface area contributed by atoms with Crippen molar-refractivity contribution in [2.45, 2.75) is 0 Å². The van der Waals surface area contributed by atoms with Crippen molar-refractivity contribution in [3.05, 3.63) is 17.0 Å². The largest absolute Gasteiger partial charge is 0.383 e. The third-order valence-electron chi connectivity index (χ3n) is 1.40. The Kier molecular flexibility index (Phi) is 1.93. The fourth-order valence-corrected chi connectivity index (χ4v) is 0.999. The van der Waals surface area contributed by atoms with Crippen LogP contribution in [0.25, 0.3) is 11.6 Å². The first-order valence-corrected chi connectivity index (χ1v) is 4.20. The highest BCUT2D eigenvalue weighted by atomic mass is 79.9. The molecule has 2 rings (SSSR count). The molecule has 0 saturated carbocycles. The highest BCUT2D eigenvalue weighted by Gasteiger charge is 2.05. The van der Waals surface area contributed by atoms with E-state index in [9.17, 15) is 0 Å². The van der Waals surface area contributed by atoms with Crippen molar-refractivity contribution < 1.29 is 0 Å². The van der Waals surface area contributed by atoms with Gasteiger partial charge in [-0.25, -0.2) is 15.0 Å². The van der Waals surface area contributed by atoms with Gasteiger partial charge in [0, 0.05) is 6.20 Å². The number of nitrogens with two attached hydrogens (primary N) is 1. The highest BCUT2D eigenvalue weighted by Crippen LogP contribution is 2.17. The summed E-state index contributed by atoms with van der Waals surface area (Å²) in [6.07, 6.45) is 2.96. The van der Waals surface area contributed by atoms with Crippen LogP contribution in [-0.2, 0) is 0 Å². The fraction of sp³-hybridized carbons (Fsp3) is 0. The minimum absolute atomic E-state index is 0.376. The SMILES string of the molecule is Nc1nc(-c2ncn[nH]2)ncc1Br. The van der Waals surface area contributed by atoms with E-state index in [1.54, 1.807) is 6.20 Å². The fourth-order valence-electron chi connectivity index (χ4n) is 0.808. The molecule has 0 unspecified atom stereocenters. The van der Waals surface area contributed by atoms with Crippen molar-refractivity contribution in [2.24, 2.45) is 0 Å². The number of aromatic nitrogens is 5. The molecule has 0 aliphatic heterocycles. The number of hydrogen-bond donors (Lipinski definition) is 2. The second-order valence-corrected chi connectivity index (χ2v) is 3.12. The number of hydrogen-bond acceptors (Lipinski definition) is 5. The first kappa shape index (κ1) is 8.11. The van der Waals surface area contributed by atoms with E-state index in [1.807, 2.05) is 0 Å². The molecule has 0 aromatic carbocycles. The number of nitrogen functional groups attached to an aromatic ring is 1. The van der Waals surface area contributed by atoms with Gasteiger partial charge in [-0.1, -0.05) is 0 Å². The number of rotatable bonds is 1. The van der Waals surface area contributed by atoms with Crippen molar-refractivity contribution in [3.8, 4) is 11.6 Å². The summed E-state index contributed by atoms with van der Waals surface area (Å²) in [4.78, 5) is 11.9. The normalized spacial score (nSPS) is 10.2. The Bertz CT molecular complexity index is 411. The van der Waals surface area contributed by atoms with Crippen molar-refractivity contribution >= 4 is 21.7 Å². The molecule has 0 fully saturated rings. The van der Waals surface area contributed by atoms with Gasteiger partial charge in [-0.2, -0.15) is 5.10 Å². The van der Waals surface area contributed by atoms with E-state index in [0.29, 0.717) is 21.9 Å². The number of halogens is 1. The molecule has 2 aromatic heterocycles. The van der Waals surface area contributed by atoms with Crippen LogP contribution in [0, 0.1) is 0 Å². The molecule has 0 saturated heterocycles. The smallest absolute Gasteiger partial charge is 0.199 e. The summed E-state index contributed by atoms with van der Waals surface area (Å²) in [5, 5.41) is 6.33. The molecule has 0 atom stereocenters. The lowest BCUT2D eigenvalue weighted by atomic mass is 10.5. The van der Waals surface area contributed by atoms with E-state index < -0.39 is 0 Å². The van der Waals surface area contributed by atoms with Crippen molar-refractivity contribution in [2.75, 3.05) is 5.73 Å². The number of aromatic amines is 1. The van der Waals surface area contributed by atoms with Crippen LogP contribution in [0.15, 0.2) is 17.0 Å². The lowest BCUT2D eigenvalue weighted by molar-refractivity contribution is 1.06. The van der Waals surface area contributed by atoms with E-state index in [-0.39, 0.29) is 0 Å². The molecule has 66 valence electrons. The first-order valence-electron chi connectivity index (χ1n) is 3.41. The second kappa shape index (κ2) is 3.09. The Hall–Kier alpha value is -1.50. The van der Waals surface area contributed by atoms with Crippen LogP contribution in [-0.4, -0.2) is 25.1 Å². The predicted octanol–water partition coefficient (Wildman–Crippen LogP) is 0.606. The van der Waals surface area contributed by atoms with Gasteiger partial charge in [0.25, 0.3) is 0 Å². The summed E-state index contributed by atoms with van der Waals surface area (Å²) in [6.45, 7) is 0. The molecular formula is C6H5BrN6. The lowest BCUT2D eigenvalue weighted by Gasteiger charge is -1.97.